The van der Waals surface area contributed by atoms with Gasteiger partial charge in [0.2, 0.25) is 5.95 Å². The Kier molecular flexibility index (Phi) is 10.2. The van der Waals surface area contributed by atoms with Gasteiger partial charge < -0.3 is 25.3 Å². The summed E-state index contributed by atoms with van der Waals surface area (Å²) in [6, 6.07) is 10.3. The van der Waals surface area contributed by atoms with Crippen LogP contribution in [-0.2, 0) is 6.54 Å². The van der Waals surface area contributed by atoms with Crippen molar-refractivity contribution in [1.82, 2.24) is 14.9 Å². The molecule has 1 aromatic heterocycles. The number of rotatable bonds is 9. The summed E-state index contributed by atoms with van der Waals surface area (Å²) in [4.78, 5) is 16.6. The molecule has 1 aromatic carbocycles. The molecule has 2 aromatic rings. The van der Waals surface area contributed by atoms with Crippen molar-refractivity contribution in [1.29, 1.82) is 0 Å². The molecule has 35 heavy (non-hydrogen) atoms. The molecule has 0 atom stereocenters. The molecule has 0 unspecified atom stereocenters. The van der Waals surface area contributed by atoms with E-state index in [1.54, 1.807) is 0 Å². The van der Waals surface area contributed by atoms with E-state index < -0.39 is 0 Å². The lowest BCUT2D eigenvalue weighted by Gasteiger charge is -2.36. The van der Waals surface area contributed by atoms with Crippen LogP contribution in [0.4, 0.5) is 23.1 Å². The summed E-state index contributed by atoms with van der Waals surface area (Å²) < 4.78 is 0. The summed E-state index contributed by atoms with van der Waals surface area (Å²) in [5, 5.41) is 6.84. The highest BCUT2D eigenvalue weighted by molar-refractivity contribution is 5.66. The van der Waals surface area contributed by atoms with Gasteiger partial charge in [0.15, 0.2) is 5.82 Å². The van der Waals surface area contributed by atoms with E-state index in [2.05, 4.69) is 95.8 Å². The van der Waals surface area contributed by atoms with Crippen molar-refractivity contribution >= 4 is 23.1 Å². The Balaban J connectivity index is 0.00000167. The van der Waals surface area contributed by atoms with Crippen molar-refractivity contribution in [2.24, 2.45) is 0 Å². The highest BCUT2D eigenvalue weighted by Crippen LogP contribution is 2.31. The summed E-state index contributed by atoms with van der Waals surface area (Å²) in [5.74, 6) is 1.59. The molecule has 0 radical (unpaired) electrons. The second kappa shape index (κ2) is 13.3. The number of anilines is 4. The average Bonchev–Trinajstić information content (AvgIpc) is 3.44. The van der Waals surface area contributed by atoms with Crippen molar-refractivity contribution in [3.63, 3.8) is 0 Å². The Morgan fingerprint density at radius 1 is 0.943 bits per heavy atom. The minimum atomic E-state index is 0.579. The summed E-state index contributed by atoms with van der Waals surface area (Å²) in [6.45, 7) is 11.9. The summed E-state index contributed by atoms with van der Waals surface area (Å²) in [7, 11) is 6.57. The normalized spacial score (nSPS) is 16.7. The van der Waals surface area contributed by atoms with Crippen LogP contribution in [0.25, 0.3) is 0 Å². The van der Waals surface area contributed by atoms with Crippen LogP contribution in [0, 0.1) is 0 Å². The van der Waals surface area contributed by atoms with Gasteiger partial charge in [-0.1, -0.05) is 25.0 Å². The predicted octanol–water partition coefficient (Wildman–Crippen LogP) is 5.23. The first-order chi connectivity index (χ1) is 17.0. The Morgan fingerprint density at radius 3 is 2.20 bits per heavy atom. The Labute approximate surface area is 212 Å². The van der Waals surface area contributed by atoms with Crippen molar-refractivity contribution < 1.29 is 0 Å². The fourth-order valence-corrected chi connectivity index (χ4v) is 5.15. The van der Waals surface area contributed by atoms with Crippen LogP contribution in [0.3, 0.4) is 0 Å². The quantitative estimate of drug-likeness (QED) is 0.478. The first kappa shape index (κ1) is 26.8. The molecule has 1 aliphatic carbocycles. The highest BCUT2D eigenvalue weighted by Gasteiger charge is 2.23. The monoisotopic (exact) mass is 479 g/mol. The molecule has 7 nitrogen and oxygen atoms in total. The Bertz CT molecular complexity index is 885. The molecule has 2 heterocycles. The SMILES string of the molecule is C=C.CCNc1ncc(N(C)C2CCCC2)c(NCc2ccc(N3CCC(N(C)C)CC3)cc2)n1. The molecule has 7 heteroatoms. The van der Waals surface area contributed by atoms with E-state index in [1.165, 1.54) is 49.8 Å². The van der Waals surface area contributed by atoms with E-state index in [0.717, 1.165) is 37.7 Å². The van der Waals surface area contributed by atoms with Crippen LogP contribution in [0.15, 0.2) is 43.6 Å². The lowest BCUT2D eigenvalue weighted by molar-refractivity contribution is 0.249. The van der Waals surface area contributed by atoms with Crippen LogP contribution in [0.5, 0.6) is 0 Å². The van der Waals surface area contributed by atoms with E-state index in [0.29, 0.717) is 18.0 Å². The number of aromatic nitrogens is 2. The molecule has 2 aliphatic rings. The molecule has 4 rings (SSSR count). The highest BCUT2D eigenvalue weighted by atomic mass is 15.2. The van der Waals surface area contributed by atoms with Gasteiger partial charge in [-0.15, -0.1) is 13.2 Å². The second-order valence-electron chi connectivity index (χ2n) is 9.71. The van der Waals surface area contributed by atoms with Gasteiger partial charge in [0.1, 0.15) is 0 Å². The minimum Gasteiger partial charge on any atom is -0.371 e. The number of nitrogens with one attached hydrogen (secondary N) is 2. The second-order valence-corrected chi connectivity index (χ2v) is 9.71. The first-order valence-corrected chi connectivity index (χ1v) is 13.1. The maximum atomic E-state index is 4.80. The van der Waals surface area contributed by atoms with Gasteiger partial charge in [-0.25, -0.2) is 4.98 Å². The van der Waals surface area contributed by atoms with Gasteiger partial charge in [-0.3, -0.25) is 0 Å². The Morgan fingerprint density at radius 2 is 1.60 bits per heavy atom. The van der Waals surface area contributed by atoms with Crippen molar-refractivity contribution in [2.45, 2.75) is 64.1 Å². The number of hydrogen-bond acceptors (Lipinski definition) is 7. The third-order valence-corrected chi connectivity index (χ3v) is 7.31. The van der Waals surface area contributed by atoms with Gasteiger partial charge in [0.05, 0.1) is 11.9 Å². The molecule has 0 amide bonds. The predicted molar refractivity (Wildman–Crippen MR) is 151 cm³/mol. The first-order valence-electron chi connectivity index (χ1n) is 13.1. The van der Waals surface area contributed by atoms with Crippen LogP contribution in [-0.4, -0.2) is 67.7 Å². The van der Waals surface area contributed by atoms with Gasteiger partial charge in [-0.05, 0) is 64.4 Å². The molecule has 0 bridgehead atoms. The zero-order valence-corrected chi connectivity index (χ0v) is 22.3. The number of hydrogen-bond donors (Lipinski definition) is 2. The maximum absolute atomic E-state index is 4.80. The fraction of sp³-hybridized carbons (Fsp3) is 0.571. The number of piperidine rings is 1. The molecule has 2 fully saturated rings. The van der Waals surface area contributed by atoms with Gasteiger partial charge in [0.25, 0.3) is 0 Å². The van der Waals surface area contributed by atoms with Crippen molar-refractivity contribution in [2.75, 3.05) is 61.2 Å². The van der Waals surface area contributed by atoms with Crippen LogP contribution < -0.4 is 20.4 Å². The lowest BCUT2D eigenvalue weighted by Crippen LogP contribution is -2.41. The van der Waals surface area contributed by atoms with Crippen molar-refractivity contribution in [3.8, 4) is 0 Å². The molecule has 192 valence electrons. The minimum absolute atomic E-state index is 0.579. The Hall–Kier alpha value is -2.80. The summed E-state index contributed by atoms with van der Waals surface area (Å²) in [5.41, 5.74) is 3.68. The van der Waals surface area contributed by atoms with Crippen molar-refractivity contribution in [3.05, 3.63) is 49.2 Å². The third-order valence-electron chi connectivity index (χ3n) is 7.31. The summed E-state index contributed by atoms with van der Waals surface area (Å²) >= 11 is 0. The van der Waals surface area contributed by atoms with E-state index in [4.69, 9.17) is 4.98 Å². The number of benzene rings is 1. The zero-order chi connectivity index (χ0) is 25.2. The lowest BCUT2D eigenvalue weighted by atomic mass is 10.0. The van der Waals surface area contributed by atoms with E-state index >= 15 is 0 Å². The molecule has 1 saturated carbocycles. The van der Waals surface area contributed by atoms with Crippen LogP contribution in [0.2, 0.25) is 0 Å². The fourth-order valence-electron chi connectivity index (χ4n) is 5.15. The van der Waals surface area contributed by atoms with Gasteiger partial charge in [0, 0.05) is 51.0 Å². The third kappa shape index (κ3) is 7.10. The smallest absolute Gasteiger partial charge is 0.224 e. The summed E-state index contributed by atoms with van der Waals surface area (Å²) in [6.07, 6.45) is 9.55. The van der Waals surface area contributed by atoms with Crippen LogP contribution >= 0.6 is 0 Å². The van der Waals surface area contributed by atoms with E-state index in [9.17, 15) is 0 Å². The maximum Gasteiger partial charge on any atom is 0.224 e. The number of nitrogens with zero attached hydrogens (tertiary/aromatic N) is 5. The van der Waals surface area contributed by atoms with Gasteiger partial charge >= 0.3 is 0 Å². The van der Waals surface area contributed by atoms with Crippen LogP contribution in [0.1, 0.15) is 51.0 Å². The molecule has 2 N–H and O–H groups in total. The molecule has 1 aliphatic heterocycles. The average molecular weight is 480 g/mol. The largest absolute Gasteiger partial charge is 0.371 e. The van der Waals surface area contributed by atoms with E-state index in [1.807, 2.05) is 6.20 Å². The molecular weight excluding hydrogens is 434 g/mol. The zero-order valence-electron chi connectivity index (χ0n) is 22.3. The van der Waals surface area contributed by atoms with Gasteiger partial charge in [-0.2, -0.15) is 4.98 Å². The molecular formula is C28H45N7. The molecule has 1 saturated heterocycles. The topological polar surface area (TPSA) is 59.6 Å². The van der Waals surface area contributed by atoms with E-state index in [-0.39, 0.29) is 0 Å². The standard InChI is InChI=1S/C26H41N7.C2H4/c1-5-27-26-29-19-24(32(4)22-8-6-7-9-22)25(30-26)28-18-20-10-12-23(13-11-20)33-16-14-21(15-17-33)31(2)3;1-2/h10-13,19,21-22H,5-9,14-18H2,1-4H3,(H2,27,28,29,30);1-2H2. The molecule has 0 spiro atoms.